The smallest absolute Gasteiger partial charge is 0.212 e. The fraction of sp³-hybridized carbons (Fsp3) is 0.238. The Morgan fingerprint density at radius 3 is 2.21 bits per heavy atom. The van der Waals surface area contributed by atoms with Crippen LogP contribution in [0.4, 0.5) is 0 Å². The monoisotopic (exact) mass is 398 g/mol. The highest BCUT2D eigenvalue weighted by atomic mass is 32.1. The second-order valence-electron chi connectivity index (χ2n) is 6.01. The number of nitrogens with zero attached hydrogens (tertiary/aromatic N) is 1. The van der Waals surface area contributed by atoms with Crippen LogP contribution in [0.3, 0.4) is 0 Å². The SMILES string of the molecule is CNCc1ccc(-c2nc(C(=O)c3cc(OC)c(OC)c(OC)c3)cs2)cc1. The molecule has 3 rings (SSSR count). The molecule has 1 aromatic heterocycles. The van der Waals surface area contributed by atoms with E-state index in [1.165, 1.54) is 38.2 Å². The van der Waals surface area contributed by atoms with Crippen molar-refractivity contribution in [3.8, 4) is 27.8 Å². The summed E-state index contributed by atoms with van der Waals surface area (Å²) in [5.74, 6) is 1.11. The first-order valence-corrected chi connectivity index (χ1v) is 9.53. The van der Waals surface area contributed by atoms with E-state index in [1.807, 2.05) is 31.3 Å². The van der Waals surface area contributed by atoms with Crippen molar-refractivity contribution in [3.05, 3.63) is 58.6 Å². The molecule has 3 aromatic rings. The van der Waals surface area contributed by atoms with Crippen molar-refractivity contribution in [2.24, 2.45) is 0 Å². The maximum absolute atomic E-state index is 13.0. The Kier molecular flexibility index (Phi) is 6.28. The predicted octanol–water partition coefficient (Wildman–Crippen LogP) is 3.79. The number of hydrogen-bond acceptors (Lipinski definition) is 7. The Morgan fingerprint density at radius 2 is 1.68 bits per heavy atom. The maximum atomic E-state index is 13.0. The number of nitrogens with one attached hydrogen (secondary N) is 1. The van der Waals surface area contributed by atoms with Gasteiger partial charge in [0.15, 0.2) is 11.5 Å². The lowest BCUT2D eigenvalue weighted by Crippen LogP contribution is -2.05. The zero-order valence-electron chi connectivity index (χ0n) is 16.2. The van der Waals surface area contributed by atoms with Crippen molar-refractivity contribution in [2.45, 2.75) is 6.54 Å². The van der Waals surface area contributed by atoms with E-state index < -0.39 is 0 Å². The number of carbonyl (C=O) groups is 1. The molecule has 0 aliphatic rings. The summed E-state index contributed by atoms with van der Waals surface area (Å²) in [5, 5.41) is 5.68. The topological polar surface area (TPSA) is 69.7 Å². The van der Waals surface area contributed by atoms with Crippen LogP contribution >= 0.6 is 11.3 Å². The lowest BCUT2D eigenvalue weighted by molar-refractivity contribution is 0.103. The normalized spacial score (nSPS) is 10.6. The lowest BCUT2D eigenvalue weighted by Gasteiger charge is -2.13. The first kappa shape index (κ1) is 19.9. The van der Waals surface area contributed by atoms with Crippen LogP contribution in [0, 0.1) is 0 Å². The molecule has 7 heteroatoms. The molecule has 0 bridgehead atoms. The van der Waals surface area contributed by atoms with Crippen LogP contribution in [-0.4, -0.2) is 39.1 Å². The number of ether oxygens (including phenoxy) is 3. The number of carbonyl (C=O) groups excluding carboxylic acids is 1. The highest BCUT2D eigenvalue weighted by Crippen LogP contribution is 2.39. The molecule has 0 aliphatic heterocycles. The number of thiazole rings is 1. The molecule has 146 valence electrons. The van der Waals surface area contributed by atoms with Gasteiger partial charge in [-0.2, -0.15) is 0 Å². The largest absolute Gasteiger partial charge is 0.493 e. The summed E-state index contributed by atoms with van der Waals surface area (Å²) in [7, 11) is 6.47. The molecule has 0 spiro atoms. The summed E-state index contributed by atoms with van der Waals surface area (Å²) in [6.07, 6.45) is 0. The van der Waals surface area contributed by atoms with Crippen molar-refractivity contribution in [1.29, 1.82) is 0 Å². The number of benzene rings is 2. The first-order chi connectivity index (χ1) is 13.6. The molecule has 1 heterocycles. The molecular weight excluding hydrogens is 376 g/mol. The highest BCUT2D eigenvalue weighted by molar-refractivity contribution is 7.13. The summed E-state index contributed by atoms with van der Waals surface area (Å²) >= 11 is 1.44. The molecular formula is C21H22N2O4S. The molecule has 0 fully saturated rings. The van der Waals surface area contributed by atoms with Crippen LogP contribution in [0.1, 0.15) is 21.6 Å². The van der Waals surface area contributed by atoms with Crippen LogP contribution < -0.4 is 19.5 Å². The van der Waals surface area contributed by atoms with Crippen LogP contribution in [0.15, 0.2) is 41.8 Å². The van der Waals surface area contributed by atoms with Crippen molar-refractivity contribution >= 4 is 17.1 Å². The van der Waals surface area contributed by atoms with Gasteiger partial charge in [0.25, 0.3) is 0 Å². The van der Waals surface area contributed by atoms with E-state index in [0.29, 0.717) is 28.5 Å². The molecule has 0 saturated heterocycles. The van der Waals surface area contributed by atoms with E-state index in [4.69, 9.17) is 14.2 Å². The van der Waals surface area contributed by atoms with E-state index in [-0.39, 0.29) is 5.78 Å². The molecule has 0 atom stereocenters. The van der Waals surface area contributed by atoms with Gasteiger partial charge in [-0.1, -0.05) is 24.3 Å². The minimum atomic E-state index is -0.200. The van der Waals surface area contributed by atoms with Gasteiger partial charge in [0.1, 0.15) is 10.7 Å². The first-order valence-electron chi connectivity index (χ1n) is 8.65. The van der Waals surface area contributed by atoms with E-state index in [1.54, 1.807) is 17.5 Å². The van der Waals surface area contributed by atoms with Crippen LogP contribution in [-0.2, 0) is 6.54 Å². The number of aromatic nitrogens is 1. The molecule has 2 aromatic carbocycles. The number of methoxy groups -OCH3 is 3. The third-order valence-corrected chi connectivity index (χ3v) is 5.14. The molecule has 0 saturated carbocycles. The van der Waals surface area contributed by atoms with Crippen molar-refractivity contribution < 1.29 is 19.0 Å². The average molecular weight is 398 g/mol. The van der Waals surface area contributed by atoms with Gasteiger partial charge in [0.2, 0.25) is 11.5 Å². The van der Waals surface area contributed by atoms with Gasteiger partial charge < -0.3 is 19.5 Å². The Bertz CT molecular complexity index is 942. The van der Waals surface area contributed by atoms with Crippen LogP contribution in [0.5, 0.6) is 17.2 Å². The number of hydrogen-bond donors (Lipinski definition) is 1. The fourth-order valence-electron chi connectivity index (χ4n) is 2.84. The zero-order valence-corrected chi connectivity index (χ0v) is 17.1. The van der Waals surface area contributed by atoms with Gasteiger partial charge >= 0.3 is 0 Å². The molecule has 1 N–H and O–H groups in total. The minimum Gasteiger partial charge on any atom is -0.493 e. The molecule has 0 unspecified atom stereocenters. The van der Waals surface area contributed by atoms with Gasteiger partial charge in [-0.3, -0.25) is 4.79 Å². The lowest BCUT2D eigenvalue weighted by atomic mass is 10.1. The molecule has 6 nitrogen and oxygen atoms in total. The maximum Gasteiger partial charge on any atom is 0.212 e. The molecule has 0 amide bonds. The average Bonchev–Trinajstić information content (AvgIpc) is 3.23. The summed E-state index contributed by atoms with van der Waals surface area (Å²) < 4.78 is 16.0. The summed E-state index contributed by atoms with van der Waals surface area (Å²) in [5.41, 5.74) is 2.98. The van der Waals surface area contributed by atoms with Crippen molar-refractivity contribution in [1.82, 2.24) is 10.3 Å². The van der Waals surface area contributed by atoms with Crippen LogP contribution in [0.25, 0.3) is 10.6 Å². The fourth-order valence-corrected chi connectivity index (χ4v) is 3.65. The van der Waals surface area contributed by atoms with E-state index in [9.17, 15) is 4.79 Å². The molecule has 0 radical (unpaired) electrons. The molecule has 0 aliphatic carbocycles. The van der Waals surface area contributed by atoms with Gasteiger partial charge in [-0.05, 0) is 24.7 Å². The van der Waals surface area contributed by atoms with E-state index in [0.717, 1.165) is 17.1 Å². The van der Waals surface area contributed by atoms with Crippen molar-refractivity contribution in [3.63, 3.8) is 0 Å². The minimum absolute atomic E-state index is 0.200. The predicted molar refractivity (Wildman–Crippen MR) is 110 cm³/mol. The highest BCUT2D eigenvalue weighted by Gasteiger charge is 2.20. The summed E-state index contributed by atoms with van der Waals surface area (Å²) in [6.45, 7) is 0.809. The Labute approximate surface area is 168 Å². The van der Waals surface area contributed by atoms with Gasteiger partial charge in [0, 0.05) is 23.1 Å². The third kappa shape index (κ3) is 4.00. The van der Waals surface area contributed by atoms with E-state index >= 15 is 0 Å². The quantitative estimate of drug-likeness (QED) is 0.582. The standard InChI is InChI=1S/C21H22N2O4S/c1-22-11-13-5-7-14(8-6-13)21-23-16(12-28-21)19(24)15-9-17(25-2)20(27-4)18(10-15)26-3/h5-10,12,22H,11H2,1-4H3. The van der Waals surface area contributed by atoms with E-state index in [2.05, 4.69) is 10.3 Å². The van der Waals surface area contributed by atoms with Gasteiger partial charge in [-0.25, -0.2) is 4.98 Å². The second-order valence-corrected chi connectivity index (χ2v) is 6.87. The third-order valence-electron chi connectivity index (χ3n) is 4.25. The second kappa shape index (κ2) is 8.86. The molecule has 28 heavy (non-hydrogen) atoms. The van der Waals surface area contributed by atoms with Gasteiger partial charge in [-0.15, -0.1) is 11.3 Å². The Hall–Kier alpha value is -2.90. The summed E-state index contributed by atoms with van der Waals surface area (Å²) in [4.78, 5) is 17.5. The zero-order chi connectivity index (χ0) is 20.1. The van der Waals surface area contributed by atoms with Crippen LogP contribution in [0.2, 0.25) is 0 Å². The Balaban J connectivity index is 1.90. The summed E-state index contributed by atoms with van der Waals surface area (Å²) in [6, 6.07) is 11.4. The van der Waals surface area contributed by atoms with Gasteiger partial charge in [0.05, 0.1) is 21.3 Å². The Morgan fingerprint density at radius 1 is 1.04 bits per heavy atom. The number of ketones is 1. The van der Waals surface area contributed by atoms with Crippen molar-refractivity contribution in [2.75, 3.05) is 28.4 Å². The number of rotatable bonds is 8.